The van der Waals surface area contributed by atoms with Crippen molar-refractivity contribution >= 4 is 15.9 Å². The molecule has 0 bridgehead atoms. The van der Waals surface area contributed by atoms with Crippen LogP contribution in [0.3, 0.4) is 0 Å². The van der Waals surface area contributed by atoms with Gasteiger partial charge in [-0.1, -0.05) is 48.0 Å². The van der Waals surface area contributed by atoms with Crippen LogP contribution in [0.1, 0.15) is 25.8 Å². The van der Waals surface area contributed by atoms with Gasteiger partial charge in [-0.2, -0.15) is 0 Å². The first-order valence-electron chi connectivity index (χ1n) is 5.55. The largest absolute Gasteiger partial charge is 0.490 e. The van der Waals surface area contributed by atoms with Gasteiger partial charge >= 0.3 is 0 Å². The Morgan fingerprint density at radius 2 is 2.13 bits per heavy atom. The zero-order valence-electron chi connectivity index (χ0n) is 9.24. The fraction of sp³-hybridized carbons (Fsp3) is 0.538. The Labute approximate surface area is 100.0 Å². The van der Waals surface area contributed by atoms with Gasteiger partial charge in [0.15, 0.2) is 0 Å². The van der Waals surface area contributed by atoms with Gasteiger partial charge in [-0.25, -0.2) is 0 Å². The molecule has 0 spiro atoms. The molecule has 15 heavy (non-hydrogen) atoms. The highest BCUT2D eigenvalue weighted by Gasteiger charge is 2.25. The van der Waals surface area contributed by atoms with E-state index in [1.807, 2.05) is 6.07 Å². The van der Waals surface area contributed by atoms with Gasteiger partial charge in [0, 0.05) is 11.2 Å². The summed E-state index contributed by atoms with van der Waals surface area (Å²) in [5, 5.41) is 0. The molecular weight excluding hydrogens is 252 g/mol. The van der Waals surface area contributed by atoms with E-state index < -0.39 is 0 Å². The Morgan fingerprint density at radius 3 is 2.80 bits per heavy atom. The van der Waals surface area contributed by atoms with Gasteiger partial charge in [0.1, 0.15) is 11.9 Å². The van der Waals surface area contributed by atoms with Crippen molar-refractivity contribution in [3.8, 4) is 5.75 Å². The molecule has 3 atom stereocenters. The lowest BCUT2D eigenvalue weighted by molar-refractivity contribution is 0.198. The molecule has 82 valence electrons. The topological polar surface area (TPSA) is 9.23 Å². The fourth-order valence-corrected chi connectivity index (χ4v) is 2.20. The van der Waals surface area contributed by atoms with Gasteiger partial charge < -0.3 is 4.74 Å². The van der Waals surface area contributed by atoms with Crippen molar-refractivity contribution in [2.75, 3.05) is 0 Å². The molecule has 0 N–H and O–H groups in total. The summed E-state index contributed by atoms with van der Waals surface area (Å²) in [6, 6.07) is 8.36. The van der Waals surface area contributed by atoms with Crippen molar-refractivity contribution in [3.63, 3.8) is 0 Å². The van der Waals surface area contributed by atoms with Crippen molar-refractivity contribution < 1.29 is 4.74 Å². The lowest BCUT2D eigenvalue weighted by Gasteiger charge is -2.18. The summed E-state index contributed by atoms with van der Waals surface area (Å²) < 4.78 is 5.91. The molecule has 1 nitrogen and oxygen atoms in total. The molecule has 0 saturated heterocycles. The van der Waals surface area contributed by atoms with E-state index in [4.69, 9.17) is 4.74 Å². The highest BCUT2D eigenvalue weighted by molar-refractivity contribution is 9.09. The molecule has 1 aliphatic heterocycles. The third-order valence-electron chi connectivity index (χ3n) is 3.13. The molecule has 2 heteroatoms. The van der Waals surface area contributed by atoms with Crippen LogP contribution in [0.2, 0.25) is 0 Å². The molecule has 0 amide bonds. The Balaban J connectivity index is 1.96. The van der Waals surface area contributed by atoms with Crippen LogP contribution in [0.25, 0.3) is 0 Å². The number of hydrogen-bond acceptors (Lipinski definition) is 1. The summed E-state index contributed by atoms with van der Waals surface area (Å²) in [5.41, 5.74) is 1.36. The van der Waals surface area contributed by atoms with E-state index >= 15 is 0 Å². The molecule has 1 aromatic rings. The van der Waals surface area contributed by atoms with E-state index in [2.05, 4.69) is 48.0 Å². The second-order valence-corrected chi connectivity index (χ2v) is 5.89. The molecule has 2 rings (SSSR count). The van der Waals surface area contributed by atoms with Crippen LogP contribution in [0.15, 0.2) is 24.3 Å². The second kappa shape index (κ2) is 4.56. The van der Waals surface area contributed by atoms with Gasteiger partial charge in [0.25, 0.3) is 0 Å². The molecule has 0 aromatic heterocycles. The summed E-state index contributed by atoms with van der Waals surface area (Å²) >= 11 is 3.63. The minimum absolute atomic E-state index is 0.373. The van der Waals surface area contributed by atoms with Crippen molar-refractivity contribution in [3.05, 3.63) is 29.8 Å². The van der Waals surface area contributed by atoms with Crippen LogP contribution < -0.4 is 4.74 Å². The van der Waals surface area contributed by atoms with Crippen LogP contribution in [0.5, 0.6) is 5.75 Å². The first-order valence-corrected chi connectivity index (χ1v) is 6.47. The van der Waals surface area contributed by atoms with Crippen molar-refractivity contribution in [1.82, 2.24) is 0 Å². The summed E-state index contributed by atoms with van der Waals surface area (Å²) in [4.78, 5) is 0.560. The van der Waals surface area contributed by atoms with Gasteiger partial charge in [-0.15, -0.1) is 0 Å². The molecule has 0 radical (unpaired) electrons. The zero-order valence-corrected chi connectivity index (χ0v) is 10.8. The SMILES string of the molecule is CC(Br)C(C)CC1Cc2ccccc2O1. The maximum absolute atomic E-state index is 5.91. The molecule has 0 saturated carbocycles. The van der Waals surface area contributed by atoms with Crippen LogP contribution in [0.4, 0.5) is 0 Å². The van der Waals surface area contributed by atoms with E-state index in [1.165, 1.54) is 5.56 Å². The average Bonchev–Trinajstić information content (AvgIpc) is 2.59. The molecule has 3 unspecified atom stereocenters. The minimum atomic E-state index is 0.373. The predicted octanol–water partition coefficient (Wildman–Crippen LogP) is 3.80. The van der Waals surface area contributed by atoms with E-state index in [-0.39, 0.29) is 0 Å². The van der Waals surface area contributed by atoms with Gasteiger partial charge in [-0.3, -0.25) is 0 Å². The maximum Gasteiger partial charge on any atom is 0.123 e. The predicted molar refractivity (Wildman–Crippen MR) is 66.7 cm³/mol. The van der Waals surface area contributed by atoms with E-state index in [9.17, 15) is 0 Å². The standard InChI is InChI=1S/C13H17BrO/c1-9(10(2)14)7-12-8-11-5-3-4-6-13(11)15-12/h3-6,9-10,12H,7-8H2,1-2H3. The molecule has 1 aliphatic rings. The summed E-state index contributed by atoms with van der Waals surface area (Å²) in [6.07, 6.45) is 2.57. The van der Waals surface area contributed by atoms with E-state index in [0.717, 1.165) is 18.6 Å². The number of benzene rings is 1. The quantitative estimate of drug-likeness (QED) is 0.758. The minimum Gasteiger partial charge on any atom is -0.490 e. The Bertz CT molecular complexity index is 310. The average molecular weight is 269 g/mol. The Hall–Kier alpha value is -0.500. The van der Waals surface area contributed by atoms with Crippen molar-refractivity contribution in [1.29, 1.82) is 0 Å². The Kier molecular flexibility index (Phi) is 3.35. The van der Waals surface area contributed by atoms with Crippen LogP contribution in [0, 0.1) is 5.92 Å². The van der Waals surface area contributed by atoms with Gasteiger partial charge in [-0.05, 0) is 24.0 Å². The number of ether oxygens (including phenoxy) is 1. The number of rotatable bonds is 3. The van der Waals surface area contributed by atoms with Gasteiger partial charge in [0.2, 0.25) is 0 Å². The first kappa shape index (κ1) is 11.0. The van der Waals surface area contributed by atoms with Crippen molar-refractivity contribution in [2.45, 2.75) is 37.6 Å². The zero-order chi connectivity index (χ0) is 10.8. The van der Waals surface area contributed by atoms with Crippen molar-refractivity contribution in [2.24, 2.45) is 5.92 Å². The molecular formula is C13H17BrO. The molecule has 1 aromatic carbocycles. The highest BCUT2D eigenvalue weighted by Crippen LogP contribution is 2.31. The number of fused-ring (bicyclic) bond motifs is 1. The number of para-hydroxylation sites is 1. The first-order chi connectivity index (χ1) is 7.16. The van der Waals surface area contributed by atoms with E-state index in [1.54, 1.807) is 0 Å². The molecule has 0 aliphatic carbocycles. The molecule has 0 fully saturated rings. The van der Waals surface area contributed by atoms with Crippen LogP contribution >= 0.6 is 15.9 Å². The number of alkyl halides is 1. The third kappa shape index (κ3) is 2.54. The Morgan fingerprint density at radius 1 is 1.40 bits per heavy atom. The number of hydrogen-bond donors (Lipinski definition) is 0. The lowest BCUT2D eigenvalue weighted by atomic mass is 9.98. The molecule has 1 heterocycles. The third-order valence-corrected chi connectivity index (χ3v) is 4.04. The van der Waals surface area contributed by atoms with E-state index in [0.29, 0.717) is 16.8 Å². The smallest absolute Gasteiger partial charge is 0.123 e. The monoisotopic (exact) mass is 268 g/mol. The lowest BCUT2D eigenvalue weighted by Crippen LogP contribution is -2.20. The van der Waals surface area contributed by atoms with Crippen LogP contribution in [-0.4, -0.2) is 10.9 Å². The highest BCUT2D eigenvalue weighted by atomic mass is 79.9. The summed E-state index contributed by atoms with van der Waals surface area (Å²) in [6.45, 7) is 4.47. The van der Waals surface area contributed by atoms with Gasteiger partial charge in [0.05, 0.1) is 0 Å². The fourth-order valence-electron chi connectivity index (χ4n) is 1.99. The second-order valence-electron chi connectivity index (χ2n) is 4.44. The van der Waals surface area contributed by atoms with Crippen LogP contribution in [-0.2, 0) is 6.42 Å². The summed E-state index contributed by atoms with van der Waals surface area (Å²) in [7, 11) is 0. The summed E-state index contributed by atoms with van der Waals surface area (Å²) in [5.74, 6) is 1.74. The normalized spacial score (nSPS) is 23.0. The maximum atomic E-state index is 5.91. The number of halogens is 1.